The van der Waals surface area contributed by atoms with Gasteiger partial charge >= 0.3 is 5.97 Å². The lowest BCUT2D eigenvalue weighted by Gasteiger charge is -2.06. The molecular weight excluding hydrogens is 334 g/mol. The fourth-order valence-corrected chi connectivity index (χ4v) is 2.70. The summed E-state index contributed by atoms with van der Waals surface area (Å²) in [6, 6.07) is 11.1. The fraction of sp³-hybridized carbons (Fsp3) is 0.176. The number of hydrogen-bond donors (Lipinski definition) is 0. The van der Waals surface area contributed by atoms with E-state index in [0.29, 0.717) is 17.0 Å². The molecule has 3 heterocycles. The molecule has 4 rings (SSSR count). The first-order valence-corrected chi connectivity index (χ1v) is 7.92. The van der Waals surface area contributed by atoms with Crippen LogP contribution in [0.2, 0.25) is 0 Å². The molecular formula is C17H15N7O2. The summed E-state index contributed by atoms with van der Waals surface area (Å²) < 4.78 is 8.56. The zero-order valence-corrected chi connectivity index (χ0v) is 14.2. The maximum atomic E-state index is 12.4. The average molecular weight is 349 g/mol. The molecule has 26 heavy (non-hydrogen) atoms. The Morgan fingerprint density at radius 1 is 1.23 bits per heavy atom. The first kappa shape index (κ1) is 15.9. The third-order valence-electron chi connectivity index (χ3n) is 3.97. The first-order valence-electron chi connectivity index (χ1n) is 7.92. The van der Waals surface area contributed by atoms with Crippen molar-refractivity contribution in [2.24, 2.45) is 7.05 Å². The molecule has 130 valence electrons. The minimum absolute atomic E-state index is 0.0508. The van der Waals surface area contributed by atoms with Crippen LogP contribution in [-0.4, -0.2) is 40.9 Å². The number of pyridine rings is 1. The number of rotatable bonds is 4. The van der Waals surface area contributed by atoms with Crippen molar-refractivity contribution in [1.82, 2.24) is 35.0 Å². The van der Waals surface area contributed by atoms with E-state index in [9.17, 15) is 4.79 Å². The Labute approximate surface area is 148 Å². The van der Waals surface area contributed by atoms with Gasteiger partial charge in [0.1, 0.15) is 0 Å². The van der Waals surface area contributed by atoms with E-state index in [1.807, 2.05) is 44.3 Å². The van der Waals surface area contributed by atoms with Crippen LogP contribution in [0, 0.1) is 6.92 Å². The van der Waals surface area contributed by atoms with Gasteiger partial charge in [-0.15, -0.1) is 5.10 Å². The van der Waals surface area contributed by atoms with Crippen LogP contribution in [-0.2, 0) is 18.4 Å². The molecule has 0 N–H and O–H groups in total. The number of fused-ring (bicyclic) bond motifs is 1. The third-order valence-corrected chi connectivity index (χ3v) is 3.97. The molecule has 3 aromatic heterocycles. The Balaban J connectivity index is 1.53. The molecule has 0 fully saturated rings. The number of tetrazole rings is 1. The predicted octanol–water partition coefficient (Wildman–Crippen LogP) is 1.61. The van der Waals surface area contributed by atoms with Crippen molar-refractivity contribution in [2.45, 2.75) is 13.5 Å². The summed E-state index contributed by atoms with van der Waals surface area (Å²) in [6.07, 6.45) is 1.48. The number of carbonyl (C=O) groups excluding carboxylic acids is 1. The average Bonchev–Trinajstić information content (AvgIpc) is 3.25. The van der Waals surface area contributed by atoms with Crippen LogP contribution in [0.3, 0.4) is 0 Å². The number of aryl methyl sites for hydroxylation is 2. The highest BCUT2D eigenvalue weighted by atomic mass is 16.5. The summed E-state index contributed by atoms with van der Waals surface area (Å²) >= 11 is 0. The lowest BCUT2D eigenvalue weighted by atomic mass is 10.2. The molecule has 0 radical (unpaired) electrons. The maximum Gasteiger partial charge on any atom is 0.340 e. The Bertz CT molecular complexity index is 1090. The van der Waals surface area contributed by atoms with Crippen molar-refractivity contribution in [2.75, 3.05) is 0 Å². The van der Waals surface area contributed by atoms with Crippen LogP contribution >= 0.6 is 0 Å². The summed E-state index contributed by atoms with van der Waals surface area (Å²) in [5.41, 5.74) is 2.66. The van der Waals surface area contributed by atoms with Gasteiger partial charge in [0.2, 0.25) is 0 Å². The number of carbonyl (C=O) groups is 1. The van der Waals surface area contributed by atoms with E-state index in [4.69, 9.17) is 4.74 Å². The normalized spacial score (nSPS) is 11.0. The molecule has 0 bridgehead atoms. The summed E-state index contributed by atoms with van der Waals surface area (Å²) in [7, 11) is 1.81. The van der Waals surface area contributed by atoms with Gasteiger partial charge in [0.05, 0.1) is 16.9 Å². The summed E-state index contributed by atoms with van der Waals surface area (Å²) in [6.45, 7) is 1.82. The standard InChI is InChI=1S/C17H15N7O2/c1-11-14-8-12(9-18-16(14)23(2)20-11)17(25)26-10-15-19-21-22-24(15)13-6-4-3-5-7-13/h3-9H,10H2,1-2H3. The van der Waals surface area contributed by atoms with Gasteiger partial charge in [-0.05, 0) is 35.5 Å². The number of esters is 1. The number of ether oxygens (including phenoxy) is 1. The van der Waals surface area contributed by atoms with Gasteiger partial charge < -0.3 is 4.74 Å². The van der Waals surface area contributed by atoms with Crippen molar-refractivity contribution in [3.05, 3.63) is 59.7 Å². The van der Waals surface area contributed by atoms with Crippen molar-refractivity contribution in [3.8, 4) is 5.69 Å². The number of nitrogens with zero attached hydrogens (tertiary/aromatic N) is 7. The third kappa shape index (κ3) is 2.79. The summed E-state index contributed by atoms with van der Waals surface area (Å²) in [4.78, 5) is 16.7. The topological polar surface area (TPSA) is 101 Å². The maximum absolute atomic E-state index is 12.4. The van der Waals surface area contributed by atoms with Gasteiger partial charge in [0, 0.05) is 18.6 Å². The largest absolute Gasteiger partial charge is 0.454 e. The van der Waals surface area contributed by atoms with Crippen LogP contribution in [0.5, 0.6) is 0 Å². The van der Waals surface area contributed by atoms with Crippen molar-refractivity contribution < 1.29 is 9.53 Å². The quantitative estimate of drug-likeness (QED) is 0.516. The van der Waals surface area contributed by atoms with Crippen molar-refractivity contribution in [3.63, 3.8) is 0 Å². The molecule has 0 spiro atoms. The molecule has 0 aliphatic heterocycles. The molecule has 1 aromatic carbocycles. The highest BCUT2D eigenvalue weighted by Crippen LogP contribution is 2.17. The molecule has 4 aromatic rings. The molecule has 9 heteroatoms. The van der Waals surface area contributed by atoms with E-state index in [1.165, 1.54) is 10.9 Å². The van der Waals surface area contributed by atoms with Gasteiger partial charge in [-0.3, -0.25) is 4.68 Å². The van der Waals surface area contributed by atoms with E-state index < -0.39 is 5.97 Å². The number of benzene rings is 1. The van der Waals surface area contributed by atoms with Crippen LogP contribution in [0.25, 0.3) is 16.7 Å². The Kier molecular flexibility index (Phi) is 3.88. The smallest absolute Gasteiger partial charge is 0.340 e. The van der Waals surface area contributed by atoms with Gasteiger partial charge in [0.15, 0.2) is 18.1 Å². The van der Waals surface area contributed by atoms with Gasteiger partial charge in [-0.2, -0.15) is 9.78 Å². The minimum Gasteiger partial charge on any atom is -0.454 e. The van der Waals surface area contributed by atoms with E-state index in [2.05, 4.69) is 25.6 Å². The van der Waals surface area contributed by atoms with Crippen molar-refractivity contribution in [1.29, 1.82) is 0 Å². The predicted molar refractivity (Wildman–Crippen MR) is 91.5 cm³/mol. The SMILES string of the molecule is Cc1nn(C)c2ncc(C(=O)OCc3nnnn3-c3ccccc3)cc12. The number of aromatic nitrogens is 7. The lowest BCUT2D eigenvalue weighted by molar-refractivity contribution is 0.0459. The Hall–Kier alpha value is -3.62. The summed E-state index contributed by atoms with van der Waals surface area (Å²) in [5.74, 6) is -0.0681. The highest BCUT2D eigenvalue weighted by molar-refractivity contribution is 5.93. The summed E-state index contributed by atoms with van der Waals surface area (Å²) in [5, 5.41) is 16.6. The molecule has 0 aliphatic carbocycles. The number of para-hydroxylation sites is 1. The molecule has 0 unspecified atom stereocenters. The van der Waals surface area contributed by atoms with Crippen LogP contribution < -0.4 is 0 Å². The highest BCUT2D eigenvalue weighted by Gasteiger charge is 2.15. The van der Waals surface area contributed by atoms with Crippen LogP contribution in [0.1, 0.15) is 21.9 Å². The Morgan fingerprint density at radius 2 is 2.04 bits per heavy atom. The zero-order chi connectivity index (χ0) is 18.1. The second kappa shape index (κ2) is 6.36. The van der Waals surface area contributed by atoms with E-state index in [-0.39, 0.29) is 6.61 Å². The van der Waals surface area contributed by atoms with Crippen LogP contribution in [0.15, 0.2) is 42.6 Å². The monoisotopic (exact) mass is 349 g/mol. The van der Waals surface area contributed by atoms with Gasteiger partial charge in [0.25, 0.3) is 0 Å². The van der Waals surface area contributed by atoms with E-state index >= 15 is 0 Å². The van der Waals surface area contributed by atoms with E-state index in [1.54, 1.807) is 10.7 Å². The zero-order valence-electron chi connectivity index (χ0n) is 14.2. The molecule has 0 saturated carbocycles. The molecule has 9 nitrogen and oxygen atoms in total. The van der Waals surface area contributed by atoms with Gasteiger partial charge in [-0.1, -0.05) is 18.2 Å². The van der Waals surface area contributed by atoms with E-state index in [0.717, 1.165) is 16.8 Å². The second-order valence-corrected chi connectivity index (χ2v) is 5.72. The second-order valence-electron chi connectivity index (χ2n) is 5.72. The molecule has 0 aliphatic rings. The molecule has 0 amide bonds. The number of hydrogen-bond acceptors (Lipinski definition) is 7. The first-order chi connectivity index (χ1) is 12.6. The lowest BCUT2D eigenvalue weighted by Crippen LogP contribution is -2.10. The van der Waals surface area contributed by atoms with Gasteiger partial charge in [-0.25, -0.2) is 9.78 Å². The van der Waals surface area contributed by atoms with Crippen LogP contribution in [0.4, 0.5) is 0 Å². The minimum atomic E-state index is -0.495. The van der Waals surface area contributed by atoms with Crippen molar-refractivity contribution >= 4 is 17.0 Å². The fourth-order valence-electron chi connectivity index (χ4n) is 2.70. The molecule has 0 saturated heterocycles. The Morgan fingerprint density at radius 3 is 2.85 bits per heavy atom. The molecule has 0 atom stereocenters.